The standard InChI is InChI=1S/C7H17NO2S2/c1-7(2)12(9,10)6-5-11-4-3-8/h7H,3-6,8H2,1-2H3. The molecule has 0 aliphatic heterocycles. The van der Waals surface area contributed by atoms with Gasteiger partial charge in [-0.05, 0) is 13.8 Å². The molecule has 0 amide bonds. The van der Waals surface area contributed by atoms with Gasteiger partial charge in [0.25, 0.3) is 0 Å². The Labute approximate surface area is 79.0 Å². The second-order valence-corrected chi connectivity index (χ2v) is 6.72. The van der Waals surface area contributed by atoms with Gasteiger partial charge in [0.2, 0.25) is 0 Å². The molecular formula is C7H17NO2S2. The van der Waals surface area contributed by atoms with Crippen molar-refractivity contribution in [3.05, 3.63) is 0 Å². The highest BCUT2D eigenvalue weighted by molar-refractivity contribution is 8.00. The monoisotopic (exact) mass is 211 g/mol. The Kier molecular flexibility index (Phi) is 5.96. The summed E-state index contributed by atoms with van der Waals surface area (Å²) in [5, 5.41) is -0.254. The van der Waals surface area contributed by atoms with E-state index in [1.54, 1.807) is 25.6 Å². The van der Waals surface area contributed by atoms with Crippen molar-refractivity contribution in [2.75, 3.05) is 23.8 Å². The molecule has 3 nitrogen and oxygen atoms in total. The Morgan fingerprint density at radius 2 is 1.92 bits per heavy atom. The number of sulfone groups is 1. The maximum atomic E-state index is 11.2. The fourth-order valence-electron chi connectivity index (χ4n) is 0.596. The van der Waals surface area contributed by atoms with Gasteiger partial charge in [-0.3, -0.25) is 0 Å². The van der Waals surface area contributed by atoms with Crippen molar-refractivity contribution in [3.8, 4) is 0 Å². The van der Waals surface area contributed by atoms with E-state index in [-0.39, 0.29) is 11.0 Å². The Balaban J connectivity index is 3.63. The minimum absolute atomic E-state index is 0.254. The van der Waals surface area contributed by atoms with Gasteiger partial charge >= 0.3 is 0 Å². The summed E-state index contributed by atoms with van der Waals surface area (Å²) in [5.41, 5.74) is 5.27. The molecule has 0 spiro atoms. The topological polar surface area (TPSA) is 60.2 Å². The van der Waals surface area contributed by atoms with Crippen molar-refractivity contribution in [2.45, 2.75) is 19.1 Å². The van der Waals surface area contributed by atoms with Crippen LogP contribution in [0.3, 0.4) is 0 Å². The maximum absolute atomic E-state index is 11.2. The molecule has 0 aliphatic carbocycles. The lowest BCUT2D eigenvalue weighted by Crippen LogP contribution is -2.19. The zero-order valence-corrected chi connectivity index (χ0v) is 9.25. The lowest BCUT2D eigenvalue weighted by Gasteiger charge is -2.06. The molecule has 0 heterocycles. The van der Waals surface area contributed by atoms with Crippen LogP contribution in [-0.4, -0.2) is 37.5 Å². The van der Waals surface area contributed by atoms with E-state index >= 15 is 0 Å². The zero-order valence-electron chi connectivity index (χ0n) is 7.62. The summed E-state index contributed by atoms with van der Waals surface area (Å²) in [5.74, 6) is 1.78. The first-order valence-corrected chi connectivity index (χ1v) is 6.87. The molecule has 2 N–H and O–H groups in total. The third kappa shape index (κ3) is 5.00. The SMILES string of the molecule is CC(C)S(=O)(=O)CCSCCN. The van der Waals surface area contributed by atoms with E-state index in [0.29, 0.717) is 12.3 Å². The van der Waals surface area contributed by atoms with Crippen molar-refractivity contribution in [1.29, 1.82) is 0 Å². The summed E-state index contributed by atoms with van der Waals surface area (Å²) in [6.07, 6.45) is 0. The fraction of sp³-hybridized carbons (Fsp3) is 1.00. The Morgan fingerprint density at radius 1 is 1.33 bits per heavy atom. The van der Waals surface area contributed by atoms with Crippen LogP contribution in [0.5, 0.6) is 0 Å². The number of rotatable bonds is 6. The molecule has 0 atom stereocenters. The maximum Gasteiger partial charge on any atom is 0.153 e. The predicted molar refractivity (Wildman–Crippen MR) is 55.3 cm³/mol. The van der Waals surface area contributed by atoms with E-state index in [1.807, 2.05) is 0 Å². The van der Waals surface area contributed by atoms with E-state index in [0.717, 1.165) is 5.75 Å². The average Bonchev–Trinajstić information content (AvgIpc) is 1.98. The molecule has 0 aromatic carbocycles. The molecule has 0 aromatic heterocycles. The first-order chi connectivity index (χ1) is 5.50. The summed E-state index contributed by atoms with van der Waals surface area (Å²) < 4.78 is 22.5. The first kappa shape index (κ1) is 12.3. The number of thioether (sulfide) groups is 1. The van der Waals surface area contributed by atoms with E-state index in [1.165, 1.54) is 0 Å². The van der Waals surface area contributed by atoms with E-state index in [4.69, 9.17) is 5.73 Å². The number of hydrogen-bond acceptors (Lipinski definition) is 4. The Bertz CT molecular complexity index is 199. The van der Waals surface area contributed by atoms with Gasteiger partial charge in [-0.2, -0.15) is 11.8 Å². The number of nitrogens with two attached hydrogens (primary N) is 1. The minimum Gasteiger partial charge on any atom is -0.330 e. The van der Waals surface area contributed by atoms with Gasteiger partial charge in [0.15, 0.2) is 9.84 Å². The second-order valence-electron chi connectivity index (χ2n) is 2.82. The van der Waals surface area contributed by atoms with Crippen molar-refractivity contribution in [2.24, 2.45) is 5.73 Å². The molecule has 0 rings (SSSR count). The summed E-state index contributed by atoms with van der Waals surface area (Å²) in [6.45, 7) is 4.04. The quantitative estimate of drug-likeness (QED) is 0.650. The molecule has 5 heteroatoms. The van der Waals surface area contributed by atoms with Gasteiger partial charge in [-0.15, -0.1) is 0 Å². The van der Waals surface area contributed by atoms with E-state index in [2.05, 4.69) is 0 Å². The molecule has 0 aromatic rings. The van der Waals surface area contributed by atoms with Crippen LogP contribution < -0.4 is 5.73 Å². The first-order valence-electron chi connectivity index (χ1n) is 4.00. The normalized spacial score (nSPS) is 12.3. The van der Waals surface area contributed by atoms with Crippen LogP contribution in [0.15, 0.2) is 0 Å². The van der Waals surface area contributed by atoms with Gasteiger partial charge in [-0.25, -0.2) is 8.42 Å². The molecule has 0 unspecified atom stereocenters. The predicted octanol–water partition coefficient (Wildman–Crippen LogP) is 0.501. The zero-order chi connectivity index (χ0) is 9.61. The van der Waals surface area contributed by atoms with Gasteiger partial charge in [0.1, 0.15) is 0 Å². The second kappa shape index (κ2) is 5.83. The smallest absolute Gasteiger partial charge is 0.153 e. The van der Waals surface area contributed by atoms with Gasteiger partial charge in [0.05, 0.1) is 11.0 Å². The summed E-state index contributed by atoms with van der Waals surface area (Å²) in [6, 6.07) is 0. The molecule has 0 radical (unpaired) electrons. The Morgan fingerprint density at radius 3 is 2.33 bits per heavy atom. The highest BCUT2D eigenvalue weighted by atomic mass is 32.2. The molecule has 0 saturated carbocycles. The highest BCUT2D eigenvalue weighted by Crippen LogP contribution is 2.05. The van der Waals surface area contributed by atoms with E-state index < -0.39 is 9.84 Å². The van der Waals surface area contributed by atoms with Crippen LogP contribution in [0.2, 0.25) is 0 Å². The van der Waals surface area contributed by atoms with Crippen LogP contribution >= 0.6 is 11.8 Å². The van der Waals surface area contributed by atoms with Crippen LogP contribution in [0, 0.1) is 0 Å². The lowest BCUT2D eigenvalue weighted by molar-refractivity contribution is 0.589. The van der Waals surface area contributed by atoms with Crippen molar-refractivity contribution < 1.29 is 8.42 Å². The molecule has 0 fully saturated rings. The lowest BCUT2D eigenvalue weighted by atomic mass is 10.6. The summed E-state index contributed by atoms with van der Waals surface area (Å²) >= 11 is 1.59. The van der Waals surface area contributed by atoms with Crippen LogP contribution in [-0.2, 0) is 9.84 Å². The highest BCUT2D eigenvalue weighted by Gasteiger charge is 2.14. The third-order valence-electron chi connectivity index (χ3n) is 1.49. The van der Waals surface area contributed by atoms with E-state index in [9.17, 15) is 8.42 Å². The van der Waals surface area contributed by atoms with Crippen LogP contribution in [0.4, 0.5) is 0 Å². The molecule has 0 aliphatic rings. The molecule has 74 valence electrons. The minimum atomic E-state index is -2.84. The van der Waals surface area contributed by atoms with Gasteiger partial charge < -0.3 is 5.73 Å². The fourth-order valence-corrected chi connectivity index (χ4v) is 2.84. The van der Waals surface area contributed by atoms with Gasteiger partial charge in [0, 0.05) is 18.1 Å². The molecule has 12 heavy (non-hydrogen) atoms. The molecular weight excluding hydrogens is 194 g/mol. The average molecular weight is 211 g/mol. The summed E-state index contributed by atoms with van der Waals surface area (Å²) in [7, 11) is -2.84. The third-order valence-corrected chi connectivity index (χ3v) is 4.98. The van der Waals surface area contributed by atoms with Crippen molar-refractivity contribution >= 4 is 21.6 Å². The summed E-state index contributed by atoms with van der Waals surface area (Å²) in [4.78, 5) is 0. The molecule has 0 saturated heterocycles. The molecule has 0 bridgehead atoms. The van der Waals surface area contributed by atoms with Crippen molar-refractivity contribution in [1.82, 2.24) is 0 Å². The van der Waals surface area contributed by atoms with Crippen LogP contribution in [0.1, 0.15) is 13.8 Å². The van der Waals surface area contributed by atoms with Gasteiger partial charge in [-0.1, -0.05) is 0 Å². The largest absolute Gasteiger partial charge is 0.330 e. The van der Waals surface area contributed by atoms with Crippen LogP contribution in [0.25, 0.3) is 0 Å². The number of hydrogen-bond donors (Lipinski definition) is 1. The Hall–Kier alpha value is 0.260. The van der Waals surface area contributed by atoms with Crippen molar-refractivity contribution in [3.63, 3.8) is 0 Å².